The summed E-state index contributed by atoms with van der Waals surface area (Å²) < 4.78 is 40.3. The molecular formula is C28H33ClF2N8O3. The summed E-state index contributed by atoms with van der Waals surface area (Å²) in [5.41, 5.74) is 2.12. The number of likely N-dealkylation sites (N-methyl/N-ethyl adjacent to an activating group) is 1. The Morgan fingerprint density at radius 2 is 1.90 bits per heavy atom. The van der Waals surface area contributed by atoms with Crippen molar-refractivity contribution in [3.63, 3.8) is 0 Å². The Labute approximate surface area is 247 Å². The standard InChI is InChI=1S/C28H33ClF2N8O3/c1-16(30)27(40)38-9-7-37(8-10-38)25-17-5-4-6-39(13-19-18-12-32-35-21(18)11-20(31)24(19)29)26(17)34-28(33-25)42-23-15-36(2)14-22(23)41-3/h11-12,22-23H,1,4-10,13-15H2,2-3H3,(H,32,35)/t22-,23-/m1/s1. The van der Waals surface area contributed by atoms with Gasteiger partial charge in [0.15, 0.2) is 5.83 Å². The lowest BCUT2D eigenvalue weighted by Gasteiger charge is -2.38. The summed E-state index contributed by atoms with van der Waals surface area (Å²) in [5, 5.41) is 7.70. The largest absolute Gasteiger partial charge is 0.456 e. The molecule has 42 heavy (non-hydrogen) atoms. The number of amides is 1. The summed E-state index contributed by atoms with van der Waals surface area (Å²) >= 11 is 6.49. The molecule has 5 heterocycles. The molecule has 0 spiro atoms. The van der Waals surface area contributed by atoms with Crippen LogP contribution in [0.3, 0.4) is 0 Å². The summed E-state index contributed by atoms with van der Waals surface area (Å²) in [6.45, 7) is 7.08. The molecule has 6 rings (SSSR count). The van der Waals surface area contributed by atoms with Crippen molar-refractivity contribution in [3.05, 3.63) is 46.6 Å². The maximum atomic E-state index is 14.8. The van der Waals surface area contributed by atoms with E-state index < -0.39 is 17.6 Å². The lowest BCUT2D eigenvalue weighted by Crippen LogP contribution is -2.49. The second-order valence-corrected chi connectivity index (χ2v) is 11.4. The highest BCUT2D eigenvalue weighted by molar-refractivity contribution is 6.32. The third kappa shape index (κ3) is 5.36. The summed E-state index contributed by atoms with van der Waals surface area (Å²) in [6.07, 6.45) is 2.79. The molecule has 2 aromatic heterocycles. The molecule has 0 aliphatic carbocycles. The summed E-state index contributed by atoms with van der Waals surface area (Å²) in [5.74, 6) is -0.777. The van der Waals surface area contributed by atoms with E-state index in [1.54, 1.807) is 13.3 Å². The topological polar surface area (TPSA) is 103 Å². The first kappa shape index (κ1) is 28.6. The average molecular weight is 603 g/mol. The van der Waals surface area contributed by atoms with Gasteiger partial charge in [0.1, 0.15) is 29.7 Å². The fourth-order valence-electron chi connectivity index (χ4n) is 6.08. The molecule has 0 unspecified atom stereocenters. The number of carbonyl (C=O) groups excluding carboxylic acids is 1. The first-order valence-corrected chi connectivity index (χ1v) is 14.3. The van der Waals surface area contributed by atoms with Crippen molar-refractivity contribution in [3.8, 4) is 6.01 Å². The number of rotatable bonds is 7. The normalized spacial score (nSPS) is 21.2. The molecule has 1 amide bonds. The number of carbonyl (C=O) groups is 1. The van der Waals surface area contributed by atoms with E-state index in [-0.39, 0.29) is 23.2 Å². The molecule has 1 aromatic carbocycles. The maximum Gasteiger partial charge on any atom is 0.320 e. The molecule has 0 bridgehead atoms. The predicted molar refractivity (Wildman–Crippen MR) is 154 cm³/mol. The number of H-pyrrole nitrogens is 1. The monoisotopic (exact) mass is 602 g/mol. The van der Waals surface area contributed by atoms with Gasteiger partial charge >= 0.3 is 6.01 Å². The van der Waals surface area contributed by atoms with E-state index in [0.717, 1.165) is 30.3 Å². The number of nitrogens with one attached hydrogen (secondary N) is 1. The average Bonchev–Trinajstić information content (AvgIpc) is 3.60. The van der Waals surface area contributed by atoms with Gasteiger partial charge in [-0.25, -0.2) is 8.78 Å². The minimum absolute atomic E-state index is 0.0499. The van der Waals surface area contributed by atoms with E-state index in [2.05, 4.69) is 31.5 Å². The third-order valence-corrected chi connectivity index (χ3v) is 8.65. The Morgan fingerprint density at radius 1 is 1.17 bits per heavy atom. The minimum Gasteiger partial charge on any atom is -0.456 e. The molecule has 2 fully saturated rings. The quantitative estimate of drug-likeness (QED) is 0.409. The highest BCUT2D eigenvalue weighted by atomic mass is 35.5. The third-order valence-electron chi connectivity index (χ3n) is 8.24. The molecule has 0 saturated carbocycles. The number of ether oxygens (including phenoxy) is 2. The lowest BCUT2D eigenvalue weighted by atomic mass is 10.0. The Morgan fingerprint density at radius 3 is 2.64 bits per heavy atom. The minimum atomic E-state index is -0.967. The van der Waals surface area contributed by atoms with Crippen LogP contribution in [0.5, 0.6) is 6.01 Å². The SMILES string of the molecule is C=C(F)C(=O)N1CCN(c2nc(O[C@@H]3CN(C)C[C@H]3OC)nc3c2CCCN3Cc2c(Cl)c(F)cc3[nH]ncc23)CC1. The zero-order chi connectivity index (χ0) is 29.5. The van der Waals surface area contributed by atoms with Crippen molar-refractivity contribution in [1.29, 1.82) is 0 Å². The van der Waals surface area contributed by atoms with Crippen LogP contribution < -0.4 is 14.5 Å². The number of anilines is 2. The van der Waals surface area contributed by atoms with Crippen molar-refractivity contribution < 1.29 is 23.0 Å². The number of methoxy groups -OCH3 is 1. The predicted octanol–water partition coefficient (Wildman–Crippen LogP) is 2.94. The zero-order valence-electron chi connectivity index (χ0n) is 23.6. The van der Waals surface area contributed by atoms with Crippen molar-refractivity contribution >= 4 is 40.0 Å². The Kier molecular flexibility index (Phi) is 7.90. The van der Waals surface area contributed by atoms with Crippen molar-refractivity contribution in [1.82, 2.24) is 30.0 Å². The number of hydrogen-bond acceptors (Lipinski definition) is 9. The molecule has 224 valence electrons. The van der Waals surface area contributed by atoms with Gasteiger partial charge in [-0.1, -0.05) is 18.2 Å². The van der Waals surface area contributed by atoms with Crippen LogP contribution in [-0.4, -0.2) is 108 Å². The van der Waals surface area contributed by atoms with Gasteiger partial charge in [0.05, 0.1) is 16.7 Å². The molecule has 3 aliphatic heterocycles. The van der Waals surface area contributed by atoms with Gasteiger partial charge in [-0.15, -0.1) is 0 Å². The van der Waals surface area contributed by atoms with Crippen molar-refractivity contribution in [2.24, 2.45) is 0 Å². The number of likely N-dealkylation sites (tertiary alicyclic amines) is 1. The van der Waals surface area contributed by atoms with Gasteiger partial charge in [0, 0.05) is 82.0 Å². The van der Waals surface area contributed by atoms with Gasteiger partial charge in [-0.2, -0.15) is 15.1 Å². The van der Waals surface area contributed by atoms with Gasteiger partial charge in [-0.05, 0) is 19.9 Å². The molecule has 3 aromatic rings. The van der Waals surface area contributed by atoms with E-state index in [1.807, 2.05) is 7.05 Å². The zero-order valence-corrected chi connectivity index (χ0v) is 24.3. The summed E-state index contributed by atoms with van der Waals surface area (Å²) in [7, 11) is 3.66. The Hall–Kier alpha value is -3.55. The van der Waals surface area contributed by atoms with Gasteiger partial charge in [0.2, 0.25) is 0 Å². The maximum absolute atomic E-state index is 14.8. The fourth-order valence-corrected chi connectivity index (χ4v) is 6.30. The van der Waals surface area contributed by atoms with Crippen LogP contribution in [0.25, 0.3) is 10.9 Å². The first-order valence-electron chi connectivity index (χ1n) is 14.0. The van der Waals surface area contributed by atoms with Crippen molar-refractivity contribution in [2.45, 2.75) is 31.6 Å². The van der Waals surface area contributed by atoms with E-state index in [4.69, 9.17) is 31.0 Å². The molecule has 3 aliphatic rings. The number of hydrogen-bond donors (Lipinski definition) is 1. The van der Waals surface area contributed by atoms with Crippen LogP contribution in [-0.2, 0) is 22.5 Å². The molecule has 2 atom stereocenters. The highest BCUT2D eigenvalue weighted by Gasteiger charge is 2.35. The Bertz CT molecular complexity index is 1510. The summed E-state index contributed by atoms with van der Waals surface area (Å²) in [4.78, 5) is 29.7. The van der Waals surface area contributed by atoms with Crippen LogP contribution >= 0.6 is 11.6 Å². The van der Waals surface area contributed by atoms with E-state index >= 15 is 0 Å². The van der Waals surface area contributed by atoms with E-state index in [9.17, 15) is 13.6 Å². The van der Waals surface area contributed by atoms with Gasteiger partial charge in [-0.3, -0.25) is 14.8 Å². The number of piperazine rings is 1. The highest BCUT2D eigenvalue weighted by Crippen LogP contribution is 2.38. The van der Waals surface area contributed by atoms with Crippen LogP contribution in [0.4, 0.5) is 20.4 Å². The number of benzene rings is 1. The second kappa shape index (κ2) is 11.6. The fraction of sp³-hybridized carbons (Fsp3) is 0.500. The van der Waals surface area contributed by atoms with Crippen LogP contribution in [0, 0.1) is 5.82 Å². The Balaban J connectivity index is 1.36. The smallest absolute Gasteiger partial charge is 0.320 e. The van der Waals surface area contributed by atoms with E-state index in [1.165, 1.54) is 11.0 Å². The van der Waals surface area contributed by atoms with Crippen LogP contribution in [0.2, 0.25) is 5.02 Å². The molecule has 0 radical (unpaired) electrons. The number of aromatic amines is 1. The number of fused-ring (bicyclic) bond motifs is 2. The first-order chi connectivity index (χ1) is 20.2. The molecular weight excluding hydrogens is 570 g/mol. The van der Waals surface area contributed by atoms with Gasteiger partial charge in [0.25, 0.3) is 5.91 Å². The number of aromatic nitrogens is 4. The van der Waals surface area contributed by atoms with Gasteiger partial charge < -0.3 is 24.2 Å². The number of halogens is 3. The van der Waals surface area contributed by atoms with Crippen molar-refractivity contribution in [2.75, 3.05) is 69.8 Å². The molecule has 1 N–H and O–H groups in total. The summed E-state index contributed by atoms with van der Waals surface area (Å²) in [6, 6.07) is 1.56. The molecule has 2 saturated heterocycles. The van der Waals surface area contributed by atoms with Crippen LogP contribution in [0.15, 0.2) is 24.7 Å². The lowest BCUT2D eigenvalue weighted by molar-refractivity contribution is -0.128. The number of nitrogens with zero attached hydrogens (tertiary/aromatic N) is 7. The second-order valence-electron chi connectivity index (χ2n) is 11.0. The molecule has 14 heteroatoms. The van der Waals surface area contributed by atoms with E-state index in [0.29, 0.717) is 68.5 Å². The van der Waals surface area contributed by atoms with Crippen LogP contribution in [0.1, 0.15) is 17.5 Å². The molecule has 11 nitrogen and oxygen atoms in total.